The van der Waals surface area contributed by atoms with Crippen molar-refractivity contribution in [1.82, 2.24) is 4.90 Å². The van der Waals surface area contributed by atoms with Crippen LogP contribution in [0.15, 0.2) is 23.2 Å². The standard InChI is InChI=1S/C13H16FN3/c1-2-17-12(15)16-8-13(17)6-5-9-7-10(14)3-4-11(9)13/h3-4,7H,2,5-6,8H2,1H3,(H2,15,16). The van der Waals surface area contributed by atoms with Crippen molar-refractivity contribution in [2.45, 2.75) is 25.3 Å². The number of benzene rings is 1. The Hall–Kier alpha value is -1.58. The number of halogens is 1. The molecule has 2 N–H and O–H groups in total. The number of hydrogen-bond acceptors (Lipinski definition) is 3. The second-order valence-electron chi connectivity index (χ2n) is 4.75. The Morgan fingerprint density at radius 1 is 1.53 bits per heavy atom. The van der Waals surface area contributed by atoms with Gasteiger partial charge in [-0.25, -0.2) is 4.39 Å². The van der Waals surface area contributed by atoms with Crippen LogP contribution in [0, 0.1) is 5.82 Å². The Kier molecular flexibility index (Phi) is 2.15. The lowest BCUT2D eigenvalue weighted by atomic mass is 9.91. The van der Waals surface area contributed by atoms with E-state index in [2.05, 4.69) is 16.8 Å². The zero-order chi connectivity index (χ0) is 12.0. The third-order valence-electron chi connectivity index (χ3n) is 3.99. The lowest BCUT2D eigenvalue weighted by molar-refractivity contribution is 0.210. The van der Waals surface area contributed by atoms with Gasteiger partial charge in [0.2, 0.25) is 0 Å². The Labute approximate surface area is 100 Å². The van der Waals surface area contributed by atoms with Gasteiger partial charge in [0.05, 0.1) is 12.1 Å². The summed E-state index contributed by atoms with van der Waals surface area (Å²) in [7, 11) is 0. The van der Waals surface area contributed by atoms with E-state index in [0.717, 1.165) is 24.9 Å². The first-order chi connectivity index (χ1) is 8.17. The molecule has 0 aromatic heterocycles. The summed E-state index contributed by atoms with van der Waals surface area (Å²) < 4.78 is 13.2. The monoisotopic (exact) mass is 233 g/mol. The van der Waals surface area contributed by atoms with Gasteiger partial charge in [-0.15, -0.1) is 0 Å². The van der Waals surface area contributed by atoms with Crippen molar-refractivity contribution >= 4 is 5.96 Å². The first kappa shape index (κ1) is 10.6. The molecule has 1 spiro atoms. The van der Waals surface area contributed by atoms with Gasteiger partial charge in [-0.2, -0.15) is 0 Å². The van der Waals surface area contributed by atoms with Crippen LogP contribution in [0.4, 0.5) is 4.39 Å². The number of nitrogens with two attached hydrogens (primary N) is 1. The topological polar surface area (TPSA) is 41.6 Å². The average Bonchev–Trinajstić information content (AvgIpc) is 2.82. The molecule has 17 heavy (non-hydrogen) atoms. The van der Waals surface area contributed by atoms with Gasteiger partial charge < -0.3 is 10.6 Å². The summed E-state index contributed by atoms with van der Waals surface area (Å²) >= 11 is 0. The predicted octanol–water partition coefficient (Wildman–Crippen LogP) is 1.62. The van der Waals surface area contributed by atoms with E-state index in [4.69, 9.17) is 5.73 Å². The molecule has 2 aliphatic rings. The summed E-state index contributed by atoms with van der Waals surface area (Å²) in [5, 5.41) is 0. The highest BCUT2D eigenvalue weighted by Crippen LogP contribution is 2.44. The molecule has 0 bridgehead atoms. The van der Waals surface area contributed by atoms with Crippen molar-refractivity contribution < 1.29 is 4.39 Å². The summed E-state index contributed by atoms with van der Waals surface area (Å²) in [6.45, 7) is 3.62. The van der Waals surface area contributed by atoms with Crippen molar-refractivity contribution in [2.75, 3.05) is 13.1 Å². The third kappa shape index (κ3) is 1.30. The van der Waals surface area contributed by atoms with E-state index >= 15 is 0 Å². The molecule has 1 unspecified atom stereocenters. The Morgan fingerprint density at radius 2 is 2.35 bits per heavy atom. The molecule has 0 saturated carbocycles. The van der Waals surface area contributed by atoms with Gasteiger partial charge in [0.15, 0.2) is 5.96 Å². The van der Waals surface area contributed by atoms with E-state index in [9.17, 15) is 4.39 Å². The van der Waals surface area contributed by atoms with Crippen LogP contribution < -0.4 is 5.73 Å². The molecule has 4 heteroatoms. The molecule has 1 aromatic carbocycles. The first-order valence-corrected chi connectivity index (χ1v) is 6.04. The van der Waals surface area contributed by atoms with Gasteiger partial charge in [0, 0.05) is 6.54 Å². The molecular weight excluding hydrogens is 217 g/mol. The van der Waals surface area contributed by atoms with Crippen LogP contribution in [0.3, 0.4) is 0 Å². The molecule has 0 saturated heterocycles. The largest absolute Gasteiger partial charge is 0.370 e. The van der Waals surface area contributed by atoms with E-state index in [1.54, 1.807) is 6.07 Å². The van der Waals surface area contributed by atoms with Crippen LogP contribution >= 0.6 is 0 Å². The van der Waals surface area contributed by atoms with Crippen molar-refractivity contribution in [1.29, 1.82) is 0 Å². The Morgan fingerprint density at radius 3 is 3.12 bits per heavy atom. The molecule has 0 radical (unpaired) electrons. The molecule has 1 aliphatic heterocycles. The number of nitrogens with zero attached hydrogens (tertiary/aromatic N) is 2. The fraction of sp³-hybridized carbons (Fsp3) is 0.462. The summed E-state index contributed by atoms with van der Waals surface area (Å²) in [5.41, 5.74) is 8.13. The SMILES string of the molecule is CCN1C(N)=NCC12CCc1cc(F)ccc12. The minimum atomic E-state index is -0.157. The van der Waals surface area contributed by atoms with Gasteiger partial charge >= 0.3 is 0 Å². The third-order valence-corrected chi connectivity index (χ3v) is 3.99. The van der Waals surface area contributed by atoms with E-state index in [1.165, 1.54) is 11.6 Å². The van der Waals surface area contributed by atoms with Crippen molar-refractivity contribution in [3.8, 4) is 0 Å². The quantitative estimate of drug-likeness (QED) is 0.800. The van der Waals surface area contributed by atoms with Crippen LogP contribution in [0.1, 0.15) is 24.5 Å². The fourth-order valence-electron chi connectivity index (χ4n) is 3.21. The van der Waals surface area contributed by atoms with Crippen LogP contribution in [0.2, 0.25) is 0 Å². The fourth-order valence-corrected chi connectivity index (χ4v) is 3.21. The van der Waals surface area contributed by atoms with Gasteiger partial charge in [-0.1, -0.05) is 6.07 Å². The van der Waals surface area contributed by atoms with E-state index in [-0.39, 0.29) is 11.4 Å². The molecule has 3 rings (SSSR count). The predicted molar refractivity (Wildman–Crippen MR) is 65.3 cm³/mol. The number of aryl methyl sites for hydroxylation is 1. The maximum Gasteiger partial charge on any atom is 0.192 e. The number of fused-ring (bicyclic) bond motifs is 2. The maximum atomic E-state index is 13.2. The second-order valence-corrected chi connectivity index (χ2v) is 4.75. The molecule has 0 fully saturated rings. The van der Waals surface area contributed by atoms with Crippen LogP contribution in [-0.2, 0) is 12.0 Å². The normalized spacial score (nSPS) is 26.5. The van der Waals surface area contributed by atoms with E-state index in [1.807, 2.05) is 6.07 Å². The lowest BCUT2D eigenvalue weighted by Crippen LogP contribution is -2.47. The second kappa shape index (κ2) is 3.45. The number of rotatable bonds is 1. The summed E-state index contributed by atoms with van der Waals surface area (Å²) in [6.07, 6.45) is 1.89. The summed E-state index contributed by atoms with van der Waals surface area (Å²) in [5.74, 6) is 0.459. The van der Waals surface area contributed by atoms with E-state index < -0.39 is 0 Å². The van der Waals surface area contributed by atoms with Crippen LogP contribution in [0.5, 0.6) is 0 Å². The zero-order valence-corrected chi connectivity index (χ0v) is 9.91. The van der Waals surface area contributed by atoms with Crippen molar-refractivity contribution in [3.63, 3.8) is 0 Å². The molecule has 3 nitrogen and oxygen atoms in total. The number of guanidine groups is 1. The summed E-state index contributed by atoms with van der Waals surface area (Å²) in [4.78, 5) is 6.52. The van der Waals surface area contributed by atoms with Gasteiger partial charge in [-0.05, 0) is 43.0 Å². The number of likely N-dealkylation sites (N-methyl/N-ethyl adjacent to an activating group) is 1. The number of aliphatic imine (C=N–C) groups is 1. The van der Waals surface area contributed by atoms with Gasteiger partial charge in [0.25, 0.3) is 0 Å². The number of hydrogen-bond donors (Lipinski definition) is 1. The van der Waals surface area contributed by atoms with Crippen molar-refractivity contribution in [2.24, 2.45) is 10.7 Å². The van der Waals surface area contributed by atoms with E-state index in [0.29, 0.717) is 12.5 Å². The Balaban J connectivity index is 2.09. The summed E-state index contributed by atoms with van der Waals surface area (Å²) in [6, 6.07) is 5.08. The maximum absolute atomic E-state index is 13.2. The van der Waals surface area contributed by atoms with Gasteiger partial charge in [-0.3, -0.25) is 4.99 Å². The minimum absolute atomic E-state index is 0.109. The van der Waals surface area contributed by atoms with Crippen LogP contribution in [-0.4, -0.2) is 23.9 Å². The molecule has 1 heterocycles. The minimum Gasteiger partial charge on any atom is -0.370 e. The lowest BCUT2D eigenvalue weighted by Gasteiger charge is -2.36. The molecule has 1 atom stereocenters. The zero-order valence-electron chi connectivity index (χ0n) is 9.91. The smallest absolute Gasteiger partial charge is 0.192 e. The highest BCUT2D eigenvalue weighted by molar-refractivity contribution is 5.81. The molecule has 1 aromatic rings. The molecule has 0 amide bonds. The molecule has 1 aliphatic carbocycles. The molecule has 90 valence electrons. The van der Waals surface area contributed by atoms with Crippen LogP contribution in [0.25, 0.3) is 0 Å². The first-order valence-electron chi connectivity index (χ1n) is 6.04. The molecular formula is C13H16FN3. The Bertz CT molecular complexity index is 497. The van der Waals surface area contributed by atoms with Crippen molar-refractivity contribution in [3.05, 3.63) is 35.1 Å². The average molecular weight is 233 g/mol. The van der Waals surface area contributed by atoms with Gasteiger partial charge in [0.1, 0.15) is 5.82 Å². The highest BCUT2D eigenvalue weighted by Gasteiger charge is 2.47. The highest BCUT2D eigenvalue weighted by atomic mass is 19.1.